The van der Waals surface area contributed by atoms with Gasteiger partial charge >= 0.3 is 11.9 Å². The van der Waals surface area contributed by atoms with Gasteiger partial charge in [0, 0.05) is 12.2 Å². The van der Waals surface area contributed by atoms with E-state index >= 15 is 0 Å². The van der Waals surface area contributed by atoms with Crippen molar-refractivity contribution in [1.29, 1.82) is 0 Å². The molecule has 0 amide bonds. The van der Waals surface area contributed by atoms with Crippen molar-refractivity contribution in [2.24, 2.45) is 4.99 Å². The van der Waals surface area contributed by atoms with Crippen molar-refractivity contribution < 1.29 is 24.2 Å². The van der Waals surface area contributed by atoms with E-state index in [0.29, 0.717) is 13.2 Å². The third-order valence-corrected chi connectivity index (χ3v) is 2.49. The summed E-state index contributed by atoms with van der Waals surface area (Å²) in [5.41, 5.74) is 0. The molecule has 0 aromatic carbocycles. The van der Waals surface area contributed by atoms with E-state index in [4.69, 9.17) is 9.84 Å². The van der Waals surface area contributed by atoms with Crippen LogP contribution >= 0.6 is 0 Å². The van der Waals surface area contributed by atoms with Crippen LogP contribution in [-0.4, -0.2) is 36.3 Å². The van der Waals surface area contributed by atoms with Crippen molar-refractivity contribution >= 4 is 18.0 Å². The number of rotatable bonds is 12. The molecule has 0 aliphatic heterocycles. The molecular weight excluding hydrogens is 274 g/mol. The summed E-state index contributed by atoms with van der Waals surface area (Å²) < 4.78 is 4.83. The maximum absolute atomic E-state index is 11.0. The highest BCUT2D eigenvalue weighted by Gasteiger charge is 1.97. The molecule has 0 fully saturated rings. The first kappa shape index (κ1) is 18.8. The van der Waals surface area contributed by atoms with Crippen LogP contribution in [0.15, 0.2) is 29.3 Å². The highest BCUT2D eigenvalue weighted by Crippen LogP contribution is 2.02. The lowest BCUT2D eigenvalue weighted by atomic mass is 10.2. The average Bonchev–Trinajstić information content (AvgIpc) is 2.46. The van der Waals surface area contributed by atoms with Gasteiger partial charge in [-0.3, -0.25) is 0 Å². The lowest BCUT2D eigenvalue weighted by Crippen LogP contribution is -2.03. The predicted molar refractivity (Wildman–Crippen MR) is 77.6 cm³/mol. The highest BCUT2D eigenvalue weighted by atomic mass is 16.5. The molecule has 21 heavy (non-hydrogen) atoms. The Balaban J connectivity index is 3.36. The van der Waals surface area contributed by atoms with E-state index in [2.05, 4.69) is 17.1 Å². The molecule has 6 nitrogen and oxygen atoms in total. The number of carbonyl (C=O) groups excluding carboxylic acids is 2. The summed E-state index contributed by atoms with van der Waals surface area (Å²) in [4.78, 5) is 34.4. The normalized spacial score (nSPS) is 10.7. The number of esters is 1. The van der Waals surface area contributed by atoms with Gasteiger partial charge in [0.1, 0.15) is 0 Å². The van der Waals surface area contributed by atoms with Crippen LogP contribution in [0.2, 0.25) is 0 Å². The van der Waals surface area contributed by atoms with E-state index in [1.807, 2.05) is 0 Å². The summed E-state index contributed by atoms with van der Waals surface area (Å²) >= 11 is 0. The first-order chi connectivity index (χ1) is 10.2. The average molecular weight is 295 g/mol. The fraction of sp³-hybridized carbons (Fsp3) is 0.533. The summed E-state index contributed by atoms with van der Waals surface area (Å²) in [5.74, 6) is -1.80. The van der Waals surface area contributed by atoms with E-state index in [1.165, 1.54) is 6.08 Å². The van der Waals surface area contributed by atoms with Crippen LogP contribution in [0.1, 0.15) is 38.5 Å². The Labute approximate surface area is 124 Å². The topological polar surface area (TPSA) is 93.0 Å². The second-order valence-electron chi connectivity index (χ2n) is 4.28. The molecule has 0 aliphatic carbocycles. The van der Waals surface area contributed by atoms with Gasteiger partial charge in [-0.05, 0) is 38.5 Å². The maximum atomic E-state index is 11.0. The maximum Gasteiger partial charge on any atom is 0.331 e. The second-order valence-corrected chi connectivity index (χ2v) is 4.28. The predicted octanol–water partition coefficient (Wildman–Crippen LogP) is 2.40. The van der Waals surface area contributed by atoms with Crippen molar-refractivity contribution in [3.05, 3.63) is 24.3 Å². The summed E-state index contributed by atoms with van der Waals surface area (Å²) in [6.07, 6.45) is 12.7. The molecule has 0 radical (unpaired) electrons. The Hall–Kier alpha value is -2.20. The van der Waals surface area contributed by atoms with Gasteiger partial charge in [0.25, 0.3) is 0 Å². The fourth-order valence-corrected chi connectivity index (χ4v) is 1.47. The summed E-state index contributed by atoms with van der Waals surface area (Å²) in [6, 6.07) is 0. The zero-order chi connectivity index (χ0) is 15.8. The molecule has 0 heterocycles. The first-order valence-corrected chi connectivity index (χ1v) is 6.93. The molecule has 0 saturated heterocycles. The molecular formula is C15H21NO5. The van der Waals surface area contributed by atoms with E-state index in [-0.39, 0.29) is 0 Å². The number of carboxylic acids is 1. The molecule has 1 N–H and O–H groups in total. The molecule has 0 spiro atoms. The molecule has 0 aromatic rings. The molecule has 0 bridgehead atoms. The Morgan fingerprint density at radius 2 is 1.76 bits per heavy atom. The van der Waals surface area contributed by atoms with Gasteiger partial charge in [0.2, 0.25) is 6.08 Å². The van der Waals surface area contributed by atoms with Gasteiger partial charge in [-0.1, -0.05) is 12.2 Å². The zero-order valence-electron chi connectivity index (χ0n) is 12.0. The minimum Gasteiger partial charge on any atom is -0.478 e. The zero-order valence-corrected chi connectivity index (χ0v) is 12.0. The molecule has 0 aliphatic rings. The van der Waals surface area contributed by atoms with Crippen LogP contribution in [0.5, 0.6) is 0 Å². The first-order valence-electron chi connectivity index (χ1n) is 6.93. The summed E-state index contributed by atoms with van der Waals surface area (Å²) in [6.45, 7) is 0.825. The van der Waals surface area contributed by atoms with Gasteiger partial charge in [-0.2, -0.15) is 0 Å². The number of unbranched alkanes of at least 4 members (excludes halogenated alkanes) is 4. The lowest BCUT2D eigenvalue weighted by Gasteiger charge is -2.00. The standard InChI is InChI=1S/C15H21NO5/c17-13-16-11-7-5-3-1-2-4-6-8-12-21-15(20)10-9-14(18)19/h1,3,9-10H,2,4-8,11-12H2,(H,18,19)/b3-1?,10-9+. The monoisotopic (exact) mass is 295 g/mol. The van der Waals surface area contributed by atoms with Crippen LogP contribution in [0.25, 0.3) is 0 Å². The summed E-state index contributed by atoms with van der Waals surface area (Å²) in [5, 5.41) is 8.31. The number of aliphatic carboxylic acids is 1. The number of hydrogen-bond donors (Lipinski definition) is 1. The van der Waals surface area contributed by atoms with Crippen LogP contribution in [0.4, 0.5) is 0 Å². The third kappa shape index (κ3) is 15.7. The number of carbonyl (C=O) groups is 2. The second kappa shape index (κ2) is 14.2. The molecule has 6 heteroatoms. The van der Waals surface area contributed by atoms with Gasteiger partial charge in [-0.15, -0.1) is 0 Å². The number of isocyanates is 1. The molecule has 0 rings (SSSR count). The Morgan fingerprint density at radius 1 is 1.05 bits per heavy atom. The van der Waals surface area contributed by atoms with Crippen molar-refractivity contribution in [3.63, 3.8) is 0 Å². The Morgan fingerprint density at radius 3 is 2.43 bits per heavy atom. The van der Waals surface area contributed by atoms with Gasteiger partial charge < -0.3 is 9.84 Å². The lowest BCUT2D eigenvalue weighted by molar-refractivity contribution is -0.138. The highest BCUT2D eigenvalue weighted by molar-refractivity contribution is 5.90. The van der Waals surface area contributed by atoms with Crippen LogP contribution in [0.3, 0.4) is 0 Å². The molecule has 0 atom stereocenters. The van der Waals surface area contributed by atoms with E-state index in [9.17, 15) is 14.4 Å². The SMILES string of the molecule is O=C=NCCCC=CCCCCCOC(=O)/C=C/C(=O)O. The number of carboxylic acid groups (broad SMARTS) is 1. The molecule has 0 aromatic heterocycles. The third-order valence-electron chi connectivity index (χ3n) is 2.49. The number of aliphatic imine (C=N–C) groups is 1. The number of ether oxygens (including phenoxy) is 1. The van der Waals surface area contributed by atoms with E-state index in [1.54, 1.807) is 0 Å². The molecule has 0 saturated carbocycles. The Bertz CT molecular complexity index is 408. The van der Waals surface area contributed by atoms with Crippen molar-refractivity contribution in [2.75, 3.05) is 13.2 Å². The van der Waals surface area contributed by atoms with Gasteiger partial charge in [-0.25, -0.2) is 19.4 Å². The quantitative estimate of drug-likeness (QED) is 0.149. The van der Waals surface area contributed by atoms with Crippen LogP contribution in [-0.2, 0) is 19.1 Å². The summed E-state index contributed by atoms with van der Waals surface area (Å²) in [7, 11) is 0. The molecule has 116 valence electrons. The fourth-order valence-electron chi connectivity index (χ4n) is 1.47. The number of nitrogens with zero attached hydrogens (tertiary/aromatic N) is 1. The van der Waals surface area contributed by atoms with Crippen molar-refractivity contribution in [3.8, 4) is 0 Å². The number of allylic oxidation sites excluding steroid dienone is 2. The number of hydrogen-bond acceptors (Lipinski definition) is 5. The van der Waals surface area contributed by atoms with Crippen LogP contribution in [0, 0.1) is 0 Å². The minimum absolute atomic E-state index is 0.302. The van der Waals surface area contributed by atoms with Crippen LogP contribution < -0.4 is 0 Å². The van der Waals surface area contributed by atoms with E-state index in [0.717, 1.165) is 50.7 Å². The largest absolute Gasteiger partial charge is 0.478 e. The van der Waals surface area contributed by atoms with Crippen molar-refractivity contribution in [1.82, 2.24) is 0 Å². The van der Waals surface area contributed by atoms with E-state index < -0.39 is 11.9 Å². The van der Waals surface area contributed by atoms with Gasteiger partial charge in [0.15, 0.2) is 0 Å². The van der Waals surface area contributed by atoms with Crippen molar-refractivity contribution in [2.45, 2.75) is 38.5 Å². The Kier molecular flexibility index (Phi) is 12.7. The minimum atomic E-state index is -1.17. The smallest absolute Gasteiger partial charge is 0.331 e. The molecule has 0 unspecified atom stereocenters. The van der Waals surface area contributed by atoms with Gasteiger partial charge in [0.05, 0.1) is 13.2 Å².